The van der Waals surface area contributed by atoms with Gasteiger partial charge in [0.25, 0.3) is 0 Å². The van der Waals surface area contributed by atoms with E-state index >= 15 is 0 Å². The minimum absolute atomic E-state index is 0.000598. The molecule has 0 spiro atoms. The molecular formula is C14H20N4O. The first kappa shape index (κ1) is 15.0. The standard InChI is InChI=1S/C14H20N4O/c1-5-8-18(10-13(19)17(3)4)14-12(9-15)7-6-11(2)16-14/h6-7H,5,8,10H2,1-4H3. The maximum absolute atomic E-state index is 11.9. The number of rotatable bonds is 5. The molecule has 0 aliphatic carbocycles. The Kier molecular flexibility index (Phi) is 5.31. The Bertz CT molecular complexity index is 491. The third kappa shape index (κ3) is 3.95. The summed E-state index contributed by atoms with van der Waals surface area (Å²) in [5.41, 5.74) is 1.35. The van der Waals surface area contributed by atoms with Crippen LogP contribution in [0.5, 0.6) is 0 Å². The van der Waals surface area contributed by atoms with E-state index in [1.807, 2.05) is 18.7 Å². The van der Waals surface area contributed by atoms with Crippen LogP contribution in [0, 0.1) is 18.3 Å². The molecule has 19 heavy (non-hydrogen) atoms. The Morgan fingerprint density at radius 1 is 1.42 bits per heavy atom. The zero-order chi connectivity index (χ0) is 14.4. The summed E-state index contributed by atoms with van der Waals surface area (Å²) in [6.07, 6.45) is 0.890. The van der Waals surface area contributed by atoms with Crippen molar-refractivity contribution in [2.24, 2.45) is 0 Å². The number of hydrogen-bond acceptors (Lipinski definition) is 4. The molecule has 1 heterocycles. The molecule has 0 fully saturated rings. The molecule has 5 nitrogen and oxygen atoms in total. The molecule has 0 unspecified atom stereocenters. The second kappa shape index (κ2) is 6.74. The molecule has 1 aromatic rings. The van der Waals surface area contributed by atoms with E-state index in [9.17, 15) is 4.79 Å². The molecule has 0 aliphatic heterocycles. The average Bonchev–Trinajstić information content (AvgIpc) is 2.37. The van der Waals surface area contributed by atoms with Gasteiger partial charge in [0.1, 0.15) is 11.9 Å². The summed E-state index contributed by atoms with van der Waals surface area (Å²) in [4.78, 5) is 19.7. The van der Waals surface area contributed by atoms with Crippen molar-refractivity contribution in [1.82, 2.24) is 9.88 Å². The topological polar surface area (TPSA) is 60.2 Å². The van der Waals surface area contributed by atoms with Gasteiger partial charge in [0.05, 0.1) is 12.1 Å². The van der Waals surface area contributed by atoms with E-state index in [1.165, 1.54) is 0 Å². The zero-order valence-electron chi connectivity index (χ0n) is 12.0. The first-order chi connectivity index (χ1) is 8.99. The number of anilines is 1. The molecule has 1 rings (SSSR count). The van der Waals surface area contributed by atoms with Gasteiger partial charge < -0.3 is 9.80 Å². The third-order valence-corrected chi connectivity index (χ3v) is 2.75. The fourth-order valence-corrected chi connectivity index (χ4v) is 1.71. The van der Waals surface area contributed by atoms with E-state index in [1.54, 1.807) is 31.1 Å². The highest BCUT2D eigenvalue weighted by Crippen LogP contribution is 2.18. The fourth-order valence-electron chi connectivity index (χ4n) is 1.71. The maximum Gasteiger partial charge on any atom is 0.241 e. The molecule has 0 saturated heterocycles. The number of aromatic nitrogens is 1. The summed E-state index contributed by atoms with van der Waals surface area (Å²) < 4.78 is 0. The molecule has 0 aromatic carbocycles. The van der Waals surface area contributed by atoms with Gasteiger partial charge >= 0.3 is 0 Å². The summed E-state index contributed by atoms with van der Waals surface area (Å²) in [5, 5.41) is 9.16. The molecule has 0 bridgehead atoms. The van der Waals surface area contributed by atoms with Crippen molar-refractivity contribution < 1.29 is 4.79 Å². The number of nitrogens with zero attached hydrogens (tertiary/aromatic N) is 4. The second-order valence-electron chi connectivity index (χ2n) is 4.65. The van der Waals surface area contributed by atoms with Crippen molar-refractivity contribution >= 4 is 11.7 Å². The van der Waals surface area contributed by atoms with Gasteiger partial charge in [-0.15, -0.1) is 0 Å². The lowest BCUT2D eigenvalue weighted by Gasteiger charge is -2.25. The van der Waals surface area contributed by atoms with E-state index in [4.69, 9.17) is 5.26 Å². The van der Waals surface area contributed by atoms with Gasteiger partial charge in [-0.3, -0.25) is 4.79 Å². The van der Waals surface area contributed by atoms with Crippen LogP contribution in [0.2, 0.25) is 0 Å². The minimum atomic E-state index is 0.000598. The summed E-state index contributed by atoms with van der Waals surface area (Å²) in [6.45, 7) is 4.86. The number of likely N-dealkylation sites (N-methyl/N-ethyl adjacent to an activating group) is 1. The quantitative estimate of drug-likeness (QED) is 0.806. The Morgan fingerprint density at radius 2 is 2.11 bits per heavy atom. The van der Waals surface area contributed by atoms with Crippen LogP contribution in [0.3, 0.4) is 0 Å². The van der Waals surface area contributed by atoms with E-state index in [-0.39, 0.29) is 12.5 Å². The first-order valence-electron chi connectivity index (χ1n) is 6.32. The lowest BCUT2D eigenvalue weighted by molar-refractivity contribution is -0.127. The van der Waals surface area contributed by atoms with Crippen molar-refractivity contribution in [3.8, 4) is 6.07 Å². The lowest BCUT2D eigenvalue weighted by atomic mass is 10.2. The number of nitriles is 1. The van der Waals surface area contributed by atoms with Crippen LogP contribution in [0.4, 0.5) is 5.82 Å². The maximum atomic E-state index is 11.9. The molecule has 102 valence electrons. The van der Waals surface area contributed by atoms with Gasteiger partial charge in [-0.2, -0.15) is 5.26 Å². The number of aryl methyl sites for hydroxylation is 1. The summed E-state index contributed by atoms with van der Waals surface area (Å²) in [5.74, 6) is 0.597. The number of hydrogen-bond donors (Lipinski definition) is 0. The normalized spacial score (nSPS) is 9.84. The van der Waals surface area contributed by atoms with Gasteiger partial charge in [-0.1, -0.05) is 6.92 Å². The molecule has 5 heteroatoms. The van der Waals surface area contributed by atoms with E-state index in [0.29, 0.717) is 17.9 Å². The molecule has 0 N–H and O–H groups in total. The van der Waals surface area contributed by atoms with Crippen molar-refractivity contribution in [2.45, 2.75) is 20.3 Å². The van der Waals surface area contributed by atoms with Gasteiger partial charge in [-0.25, -0.2) is 4.98 Å². The van der Waals surface area contributed by atoms with Gasteiger partial charge in [-0.05, 0) is 25.5 Å². The molecule has 0 atom stereocenters. The third-order valence-electron chi connectivity index (χ3n) is 2.75. The number of pyridine rings is 1. The Hall–Kier alpha value is -2.09. The van der Waals surface area contributed by atoms with Crippen molar-refractivity contribution in [3.63, 3.8) is 0 Å². The monoisotopic (exact) mass is 260 g/mol. The Labute approximate surface area is 114 Å². The Balaban J connectivity index is 3.08. The van der Waals surface area contributed by atoms with Crippen LogP contribution in [0.1, 0.15) is 24.6 Å². The molecular weight excluding hydrogens is 240 g/mol. The molecule has 0 radical (unpaired) electrons. The number of amides is 1. The van der Waals surface area contributed by atoms with Crippen LogP contribution in [-0.2, 0) is 4.79 Å². The van der Waals surface area contributed by atoms with Crippen LogP contribution in [0.15, 0.2) is 12.1 Å². The molecule has 1 aromatic heterocycles. The number of carbonyl (C=O) groups is 1. The van der Waals surface area contributed by atoms with Gasteiger partial charge in [0.15, 0.2) is 0 Å². The average molecular weight is 260 g/mol. The zero-order valence-corrected chi connectivity index (χ0v) is 12.0. The largest absolute Gasteiger partial charge is 0.347 e. The van der Waals surface area contributed by atoms with Crippen LogP contribution in [-0.4, -0.2) is 43.0 Å². The first-order valence-corrected chi connectivity index (χ1v) is 6.32. The van der Waals surface area contributed by atoms with Crippen molar-refractivity contribution in [3.05, 3.63) is 23.4 Å². The van der Waals surface area contributed by atoms with E-state index in [0.717, 1.165) is 12.1 Å². The second-order valence-corrected chi connectivity index (χ2v) is 4.65. The lowest BCUT2D eigenvalue weighted by Crippen LogP contribution is -2.38. The van der Waals surface area contributed by atoms with Crippen LogP contribution >= 0.6 is 0 Å². The van der Waals surface area contributed by atoms with Crippen LogP contribution in [0.25, 0.3) is 0 Å². The summed E-state index contributed by atoms with van der Waals surface area (Å²) in [6, 6.07) is 5.69. The highest BCUT2D eigenvalue weighted by atomic mass is 16.2. The van der Waals surface area contributed by atoms with E-state index < -0.39 is 0 Å². The van der Waals surface area contributed by atoms with Gasteiger partial charge in [0.2, 0.25) is 5.91 Å². The molecule has 0 saturated carbocycles. The van der Waals surface area contributed by atoms with Crippen LogP contribution < -0.4 is 4.90 Å². The Morgan fingerprint density at radius 3 is 2.63 bits per heavy atom. The fraction of sp³-hybridized carbons (Fsp3) is 0.500. The number of carbonyl (C=O) groups excluding carboxylic acids is 1. The predicted molar refractivity (Wildman–Crippen MR) is 74.9 cm³/mol. The SMILES string of the molecule is CCCN(CC(=O)N(C)C)c1nc(C)ccc1C#N. The smallest absolute Gasteiger partial charge is 0.241 e. The summed E-state index contributed by atoms with van der Waals surface area (Å²) >= 11 is 0. The van der Waals surface area contributed by atoms with Gasteiger partial charge in [0, 0.05) is 26.3 Å². The van der Waals surface area contributed by atoms with E-state index in [2.05, 4.69) is 11.1 Å². The van der Waals surface area contributed by atoms with Crippen molar-refractivity contribution in [2.75, 3.05) is 32.1 Å². The highest BCUT2D eigenvalue weighted by Gasteiger charge is 2.17. The summed E-state index contributed by atoms with van der Waals surface area (Å²) in [7, 11) is 3.45. The minimum Gasteiger partial charge on any atom is -0.347 e. The van der Waals surface area contributed by atoms with Crippen molar-refractivity contribution in [1.29, 1.82) is 5.26 Å². The molecule has 1 amide bonds. The predicted octanol–water partition coefficient (Wildman–Crippen LogP) is 1.57. The highest BCUT2D eigenvalue weighted by molar-refractivity contribution is 5.81. The molecule has 0 aliphatic rings.